The molecule has 6 heteroatoms. The van der Waals surface area contributed by atoms with Gasteiger partial charge in [-0.3, -0.25) is 0 Å². The molecule has 134 valence electrons. The first-order valence-electron chi connectivity index (χ1n) is 8.14. The minimum atomic E-state index is -0.513. The Morgan fingerprint density at radius 2 is 1.93 bits per heavy atom. The molecule has 1 aliphatic heterocycles. The van der Waals surface area contributed by atoms with E-state index in [1.807, 2.05) is 55.5 Å². The Morgan fingerprint density at radius 1 is 1.07 bits per heavy atom. The van der Waals surface area contributed by atoms with Crippen molar-refractivity contribution in [3.63, 3.8) is 0 Å². The van der Waals surface area contributed by atoms with Gasteiger partial charge in [0.05, 0.1) is 0 Å². The summed E-state index contributed by atoms with van der Waals surface area (Å²) in [5.74, 6) is 0.921. The number of aryl methyl sites for hydroxylation is 1. The maximum Gasteiger partial charge on any atom is 0.363 e. The third kappa shape index (κ3) is 3.75. The molecule has 0 bridgehead atoms. The second-order valence-corrected chi connectivity index (χ2v) is 7.34. The summed E-state index contributed by atoms with van der Waals surface area (Å²) in [4.78, 5) is 16.4. The van der Waals surface area contributed by atoms with Crippen LogP contribution in [-0.2, 0) is 9.53 Å². The summed E-state index contributed by atoms with van der Waals surface area (Å²) in [6.45, 7) is 1.94. The molecule has 4 nitrogen and oxygen atoms in total. The zero-order valence-corrected chi connectivity index (χ0v) is 16.5. The van der Waals surface area contributed by atoms with Gasteiger partial charge in [0.15, 0.2) is 5.70 Å². The number of hydrogen-bond donors (Lipinski definition) is 0. The number of ether oxygens (including phenoxy) is 1. The minimum Gasteiger partial charge on any atom is -0.457 e. The Bertz CT molecular complexity index is 1110. The Morgan fingerprint density at radius 3 is 2.70 bits per heavy atom. The van der Waals surface area contributed by atoms with Gasteiger partial charge < -0.3 is 9.15 Å². The molecule has 2 heterocycles. The van der Waals surface area contributed by atoms with Crippen LogP contribution in [0.1, 0.15) is 16.9 Å². The average molecular weight is 443 g/mol. The molecule has 27 heavy (non-hydrogen) atoms. The van der Waals surface area contributed by atoms with Crippen molar-refractivity contribution in [2.24, 2.45) is 4.99 Å². The van der Waals surface area contributed by atoms with E-state index in [1.165, 1.54) is 0 Å². The van der Waals surface area contributed by atoms with E-state index >= 15 is 0 Å². The van der Waals surface area contributed by atoms with Crippen molar-refractivity contribution in [2.75, 3.05) is 0 Å². The third-order valence-electron chi connectivity index (χ3n) is 4.05. The first-order chi connectivity index (χ1) is 13.0. The van der Waals surface area contributed by atoms with Gasteiger partial charge in [0, 0.05) is 26.7 Å². The summed E-state index contributed by atoms with van der Waals surface area (Å²) in [6.07, 6.45) is 1.56. The van der Waals surface area contributed by atoms with Crippen LogP contribution in [0.2, 0.25) is 5.02 Å². The molecule has 0 spiro atoms. The van der Waals surface area contributed by atoms with Gasteiger partial charge in [-0.1, -0.05) is 45.7 Å². The molecule has 4 rings (SSSR count). The van der Waals surface area contributed by atoms with Crippen molar-refractivity contribution in [3.8, 4) is 11.3 Å². The molecule has 0 N–H and O–H groups in total. The van der Waals surface area contributed by atoms with E-state index in [0.717, 1.165) is 21.2 Å². The van der Waals surface area contributed by atoms with Gasteiger partial charge in [0.2, 0.25) is 5.90 Å². The number of halogens is 2. The van der Waals surface area contributed by atoms with E-state index in [2.05, 4.69) is 20.9 Å². The standard InChI is InChI=1S/C21H13BrClNO3/c1-12-5-6-13(10-17(12)23)19-8-7-16(26-19)11-18-21(25)27-20(24-18)14-3-2-4-15(22)9-14/h2-11H,1H3/b18-11+. The van der Waals surface area contributed by atoms with E-state index in [0.29, 0.717) is 16.5 Å². The number of nitrogens with zero attached hydrogens (tertiary/aromatic N) is 1. The summed E-state index contributed by atoms with van der Waals surface area (Å²) < 4.78 is 12.0. The number of benzene rings is 2. The fourth-order valence-electron chi connectivity index (χ4n) is 2.62. The van der Waals surface area contributed by atoms with Crippen LogP contribution in [0.5, 0.6) is 0 Å². The van der Waals surface area contributed by atoms with E-state index < -0.39 is 5.97 Å². The molecule has 2 aromatic carbocycles. The van der Waals surface area contributed by atoms with Crippen molar-refractivity contribution < 1.29 is 13.9 Å². The second kappa shape index (κ2) is 7.18. The number of hydrogen-bond acceptors (Lipinski definition) is 4. The highest BCUT2D eigenvalue weighted by atomic mass is 79.9. The lowest BCUT2D eigenvalue weighted by molar-refractivity contribution is -0.129. The van der Waals surface area contributed by atoms with Gasteiger partial charge in [-0.05, 0) is 48.9 Å². The van der Waals surface area contributed by atoms with Crippen molar-refractivity contribution in [2.45, 2.75) is 6.92 Å². The topological polar surface area (TPSA) is 51.8 Å². The number of cyclic esters (lactones) is 1. The quantitative estimate of drug-likeness (QED) is 0.368. The van der Waals surface area contributed by atoms with Gasteiger partial charge in [0.25, 0.3) is 0 Å². The molecule has 0 saturated heterocycles. The second-order valence-electron chi connectivity index (χ2n) is 6.01. The molecule has 0 unspecified atom stereocenters. The van der Waals surface area contributed by atoms with Gasteiger partial charge in [-0.15, -0.1) is 0 Å². The van der Waals surface area contributed by atoms with Crippen LogP contribution in [0, 0.1) is 6.92 Å². The van der Waals surface area contributed by atoms with Crippen LogP contribution in [0.3, 0.4) is 0 Å². The zero-order chi connectivity index (χ0) is 19.0. The molecule has 1 aromatic heterocycles. The molecular formula is C21H13BrClNO3. The highest BCUT2D eigenvalue weighted by Crippen LogP contribution is 2.28. The summed E-state index contributed by atoms with van der Waals surface area (Å²) in [5, 5.41) is 0.673. The van der Waals surface area contributed by atoms with Crippen LogP contribution >= 0.6 is 27.5 Å². The van der Waals surface area contributed by atoms with Gasteiger partial charge in [-0.25, -0.2) is 9.79 Å². The van der Waals surface area contributed by atoms with Crippen LogP contribution in [0.4, 0.5) is 0 Å². The van der Waals surface area contributed by atoms with Crippen molar-refractivity contribution >= 4 is 45.5 Å². The number of carbonyl (C=O) groups excluding carboxylic acids is 1. The monoisotopic (exact) mass is 441 g/mol. The largest absolute Gasteiger partial charge is 0.457 e. The van der Waals surface area contributed by atoms with Crippen LogP contribution in [0.15, 0.2) is 74.2 Å². The van der Waals surface area contributed by atoms with Crippen LogP contribution in [-0.4, -0.2) is 11.9 Å². The summed E-state index contributed by atoms with van der Waals surface area (Å²) in [6, 6.07) is 16.7. The maximum atomic E-state index is 12.1. The molecule has 0 aliphatic carbocycles. The van der Waals surface area contributed by atoms with Crippen molar-refractivity contribution in [3.05, 3.63) is 86.7 Å². The van der Waals surface area contributed by atoms with Crippen molar-refractivity contribution in [1.29, 1.82) is 0 Å². The number of aliphatic imine (C=N–C) groups is 1. The zero-order valence-electron chi connectivity index (χ0n) is 14.2. The van der Waals surface area contributed by atoms with E-state index in [9.17, 15) is 4.79 Å². The summed E-state index contributed by atoms with van der Waals surface area (Å²) in [5.41, 5.74) is 2.77. The number of carbonyl (C=O) groups is 1. The molecule has 0 fully saturated rings. The SMILES string of the molecule is Cc1ccc(-c2ccc(/C=C3/N=C(c4cccc(Br)c4)OC3=O)o2)cc1Cl. The summed E-state index contributed by atoms with van der Waals surface area (Å²) in [7, 11) is 0. The number of furan rings is 1. The molecule has 3 aromatic rings. The number of rotatable bonds is 3. The fraction of sp³-hybridized carbons (Fsp3) is 0.0476. The predicted octanol–water partition coefficient (Wildman–Crippen LogP) is 6.02. The lowest BCUT2D eigenvalue weighted by Gasteiger charge is -2.00. The van der Waals surface area contributed by atoms with Gasteiger partial charge in [0.1, 0.15) is 11.5 Å². The molecule has 0 atom stereocenters. The Labute approximate surface area is 169 Å². The van der Waals surface area contributed by atoms with Crippen molar-refractivity contribution in [1.82, 2.24) is 0 Å². The summed E-state index contributed by atoms with van der Waals surface area (Å²) >= 11 is 9.57. The molecule has 0 amide bonds. The van der Waals surface area contributed by atoms with E-state index in [1.54, 1.807) is 12.1 Å². The van der Waals surface area contributed by atoms with Gasteiger partial charge in [-0.2, -0.15) is 0 Å². The number of esters is 1. The van der Waals surface area contributed by atoms with Crippen LogP contribution in [0.25, 0.3) is 17.4 Å². The highest BCUT2D eigenvalue weighted by molar-refractivity contribution is 9.10. The Kier molecular flexibility index (Phi) is 4.72. The Balaban J connectivity index is 1.63. The highest BCUT2D eigenvalue weighted by Gasteiger charge is 2.24. The molecular weight excluding hydrogens is 430 g/mol. The molecule has 1 aliphatic rings. The van der Waals surface area contributed by atoms with E-state index in [-0.39, 0.29) is 11.6 Å². The Hall–Kier alpha value is -2.63. The van der Waals surface area contributed by atoms with E-state index in [4.69, 9.17) is 20.8 Å². The lowest BCUT2D eigenvalue weighted by atomic mass is 10.1. The predicted molar refractivity (Wildman–Crippen MR) is 109 cm³/mol. The maximum absolute atomic E-state index is 12.1. The third-order valence-corrected chi connectivity index (χ3v) is 4.95. The van der Waals surface area contributed by atoms with Gasteiger partial charge >= 0.3 is 5.97 Å². The minimum absolute atomic E-state index is 0.188. The lowest BCUT2D eigenvalue weighted by Crippen LogP contribution is -2.05. The smallest absolute Gasteiger partial charge is 0.363 e. The van der Waals surface area contributed by atoms with Crippen LogP contribution < -0.4 is 0 Å². The molecule has 0 saturated carbocycles. The normalized spacial score (nSPS) is 15.1. The molecule has 0 radical (unpaired) electrons. The first kappa shape index (κ1) is 17.8. The first-order valence-corrected chi connectivity index (χ1v) is 9.31. The average Bonchev–Trinajstić information content (AvgIpc) is 3.25. The fourth-order valence-corrected chi connectivity index (χ4v) is 3.20.